The molecule has 0 aromatic rings. The van der Waals surface area contributed by atoms with E-state index in [9.17, 15) is 0 Å². The highest BCUT2D eigenvalue weighted by molar-refractivity contribution is 8.07. The van der Waals surface area contributed by atoms with E-state index in [1.165, 1.54) is 56.5 Å². The normalized spacial score (nSPS) is 26.2. The molecule has 0 aliphatic carbocycles. The summed E-state index contributed by atoms with van der Waals surface area (Å²) in [5.74, 6) is 2.68. The Kier molecular flexibility index (Phi) is 9.70. The number of hydrogen-bond acceptors (Lipinski definition) is 3. The molecule has 3 atom stereocenters. The van der Waals surface area contributed by atoms with Crippen LogP contribution in [0, 0.1) is 0 Å². The van der Waals surface area contributed by atoms with Crippen LogP contribution >= 0.6 is 23.5 Å². The van der Waals surface area contributed by atoms with Gasteiger partial charge in [0.25, 0.3) is 0 Å². The summed E-state index contributed by atoms with van der Waals surface area (Å²) in [5.41, 5.74) is 0. The topological polar surface area (TPSA) is 12.0 Å². The van der Waals surface area contributed by atoms with Gasteiger partial charge in [0.05, 0.1) is 0 Å². The van der Waals surface area contributed by atoms with Crippen molar-refractivity contribution in [1.82, 2.24) is 5.32 Å². The highest BCUT2D eigenvalue weighted by Gasteiger charge is 2.28. The van der Waals surface area contributed by atoms with Gasteiger partial charge in [-0.25, -0.2) is 0 Å². The van der Waals surface area contributed by atoms with Gasteiger partial charge in [0.2, 0.25) is 0 Å². The fourth-order valence-corrected chi connectivity index (χ4v) is 5.75. The summed E-state index contributed by atoms with van der Waals surface area (Å²) in [6, 6.07) is 0.726. The second-order valence-electron chi connectivity index (χ2n) is 5.36. The Bertz CT molecular complexity index is 199. The summed E-state index contributed by atoms with van der Waals surface area (Å²) in [7, 11) is 2.15. The van der Waals surface area contributed by atoms with Crippen molar-refractivity contribution < 1.29 is 0 Å². The Balaban J connectivity index is 2.16. The van der Waals surface area contributed by atoms with Gasteiger partial charge in [0.15, 0.2) is 0 Å². The SMILES string of the molecule is CCCCCCCCC(NC)C1SCCSC1C. The summed E-state index contributed by atoms with van der Waals surface area (Å²) in [6.45, 7) is 4.70. The van der Waals surface area contributed by atoms with E-state index in [1.54, 1.807) is 0 Å². The van der Waals surface area contributed by atoms with E-state index in [-0.39, 0.29) is 0 Å². The van der Waals surface area contributed by atoms with Crippen molar-refractivity contribution in [2.24, 2.45) is 0 Å². The Morgan fingerprint density at radius 2 is 1.72 bits per heavy atom. The fraction of sp³-hybridized carbons (Fsp3) is 1.00. The zero-order valence-electron chi connectivity index (χ0n) is 12.4. The molecule has 0 bridgehead atoms. The molecule has 0 aromatic carbocycles. The number of nitrogens with one attached hydrogen (secondary N) is 1. The van der Waals surface area contributed by atoms with Crippen LogP contribution in [0.4, 0.5) is 0 Å². The summed E-state index contributed by atoms with van der Waals surface area (Å²) in [5, 5.41) is 5.21. The molecule has 0 spiro atoms. The van der Waals surface area contributed by atoms with Crippen molar-refractivity contribution in [3.05, 3.63) is 0 Å². The average Bonchev–Trinajstić information content (AvgIpc) is 2.39. The Labute approximate surface area is 123 Å². The van der Waals surface area contributed by atoms with Crippen molar-refractivity contribution in [2.75, 3.05) is 18.6 Å². The van der Waals surface area contributed by atoms with E-state index in [4.69, 9.17) is 0 Å². The smallest absolute Gasteiger partial charge is 0.0317 e. The Morgan fingerprint density at radius 3 is 2.39 bits per heavy atom. The first-order valence-electron chi connectivity index (χ1n) is 7.70. The molecule has 1 N–H and O–H groups in total. The lowest BCUT2D eigenvalue weighted by molar-refractivity contribution is 0.466. The molecule has 108 valence electrons. The van der Waals surface area contributed by atoms with E-state index in [0.29, 0.717) is 0 Å². The highest BCUT2D eigenvalue weighted by Crippen LogP contribution is 2.34. The zero-order chi connectivity index (χ0) is 13.2. The number of thioether (sulfide) groups is 2. The molecule has 1 rings (SSSR count). The minimum atomic E-state index is 0.726. The first-order chi connectivity index (χ1) is 8.79. The second kappa shape index (κ2) is 10.4. The monoisotopic (exact) mass is 289 g/mol. The van der Waals surface area contributed by atoms with E-state index in [2.05, 4.69) is 49.7 Å². The molecule has 18 heavy (non-hydrogen) atoms. The molecule has 0 amide bonds. The van der Waals surface area contributed by atoms with Gasteiger partial charge in [-0.2, -0.15) is 23.5 Å². The molecule has 3 unspecified atom stereocenters. The quantitative estimate of drug-likeness (QED) is 0.625. The molecular weight excluding hydrogens is 258 g/mol. The predicted molar refractivity (Wildman–Crippen MR) is 89.0 cm³/mol. The van der Waals surface area contributed by atoms with Gasteiger partial charge >= 0.3 is 0 Å². The molecular formula is C15H31NS2. The van der Waals surface area contributed by atoms with Gasteiger partial charge in [0.1, 0.15) is 0 Å². The lowest BCUT2D eigenvalue weighted by atomic mass is 10.0. The van der Waals surface area contributed by atoms with Gasteiger partial charge in [0, 0.05) is 28.0 Å². The Morgan fingerprint density at radius 1 is 1.06 bits per heavy atom. The molecule has 1 heterocycles. The minimum absolute atomic E-state index is 0.726. The molecule has 1 fully saturated rings. The van der Waals surface area contributed by atoms with Crippen LogP contribution in [0.15, 0.2) is 0 Å². The first-order valence-corrected chi connectivity index (χ1v) is 9.79. The van der Waals surface area contributed by atoms with Crippen LogP contribution in [-0.4, -0.2) is 35.1 Å². The lowest BCUT2D eigenvalue weighted by Crippen LogP contribution is -2.42. The summed E-state index contributed by atoms with van der Waals surface area (Å²) in [6.07, 6.45) is 9.84. The average molecular weight is 290 g/mol. The number of rotatable bonds is 9. The number of hydrogen-bond donors (Lipinski definition) is 1. The Hall–Kier alpha value is 0.660. The molecule has 0 saturated carbocycles. The largest absolute Gasteiger partial charge is 0.316 e. The third-order valence-corrected chi connectivity index (χ3v) is 7.12. The predicted octanol–water partition coefficient (Wildman–Crippen LogP) is 4.56. The minimum Gasteiger partial charge on any atom is -0.316 e. The molecule has 0 aromatic heterocycles. The van der Waals surface area contributed by atoms with Crippen molar-refractivity contribution in [1.29, 1.82) is 0 Å². The van der Waals surface area contributed by atoms with E-state index >= 15 is 0 Å². The van der Waals surface area contributed by atoms with Gasteiger partial charge in [-0.3, -0.25) is 0 Å². The van der Waals surface area contributed by atoms with Crippen molar-refractivity contribution in [3.63, 3.8) is 0 Å². The van der Waals surface area contributed by atoms with Crippen LogP contribution in [-0.2, 0) is 0 Å². The number of unbranched alkanes of at least 4 members (excludes halogenated alkanes) is 5. The molecule has 0 radical (unpaired) electrons. The van der Waals surface area contributed by atoms with E-state index < -0.39 is 0 Å². The van der Waals surface area contributed by atoms with Crippen molar-refractivity contribution in [2.45, 2.75) is 75.3 Å². The summed E-state index contributed by atoms with van der Waals surface area (Å²) >= 11 is 4.35. The van der Waals surface area contributed by atoms with Crippen molar-refractivity contribution >= 4 is 23.5 Å². The maximum Gasteiger partial charge on any atom is 0.0317 e. The van der Waals surface area contributed by atoms with Crippen LogP contribution in [0.5, 0.6) is 0 Å². The highest BCUT2D eigenvalue weighted by atomic mass is 32.2. The van der Waals surface area contributed by atoms with Gasteiger partial charge < -0.3 is 5.32 Å². The maximum atomic E-state index is 3.57. The molecule has 1 nitrogen and oxygen atoms in total. The van der Waals surface area contributed by atoms with Crippen molar-refractivity contribution in [3.8, 4) is 0 Å². The van der Waals surface area contributed by atoms with Crippen LogP contribution < -0.4 is 5.32 Å². The third-order valence-electron chi connectivity index (χ3n) is 3.87. The molecule has 3 heteroatoms. The molecule has 1 aliphatic rings. The summed E-state index contributed by atoms with van der Waals surface area (Å²) in [4.78, 5) is 0. The fourth-order valence-electron chi connectivity index (χ4n) is 2.71. The second-order valence-corrected chi connectivity index (χ2v) is 8.13. The van der Waals surface area contributed by atoms with Crippen LogP contribution in [0.25, 0.3) is 0 Å². The standard InChI is InChI=1S/C15H31NS2/c1-4-5-6-7-8-9-10-14(16-3)15-13(2)17-11-12-18-15/h13-16H,4-12H2,1-3H3. The lowest BCUT2D eigenvalue weighted by Gasteiger charge is -2.34. The zero-order valence-corrected chi connectivity index (χ0v) is 14.0. The van der Waals surface area contributed by atoms with Gasteiger partial charge in [-0.1, -0.05) is 52.4 Å². The van der Waals surface area contributed by atoms with Crippen LogP contribution in [0.3, 0.4) is 0 Å². The first kappa shape index (κ1) is 16.7. The maximum absolute atomic E-state index is 3.57. The molecule has 1 saturated heterocycles. The van der Waals surface area contributed by atoms with E-state index in [1.807, 2.05) is 0 Å². The molecule has 1 aliphatic heterocycles. The van der Waals surface area contributed by atoms with Crippen LogP contribution in [0.2, 0.25) is 0 Å². The summed E-state index contributed by atoms with van der Waals surface area (Å²) < 4.78 is 0. The van der Waals surface area contributed by atoms with E-state index in [0.717, 1.165) is 16.5 Å². The van der Waals surface area contributed by atoms with Gasteiger partial charge in [-0.05, 0) is 13.5 Å². The third kappa shape index (κ3) is 6.21. The van der Waals surface area contributed by atoms with Gasteiger partial charge in [-0.15, -0.1) is 0 Å². The van der Waals surface area contributed by atoms with Crippen LogP contribution in [0.1, 0.15) is 58.8 Å².